The molecule has 1 unspecified atom stereocenters. The average Bonchev–Trinajstić information content (AvgIpc) is 2.88. The number of halogens is 2. The molecular weight excluding hydrogens is 309 g/mol. The SMILES string of the molecule is Cc1cn[nH]c1CN1CCOC(c2ccc(Cl)c(Cl)c2)C1. The normalized spacial score (nSPS) is 19.9. The Bertz CT molecular complexity index is 629. The van der Waals surface area contributed by atoms with E-state index in [-0.39, 0.29) is 6.10 Å². The van der Waals surface area contributed by atoms with E-state index in [9.17, 15) is 0 Å². The Morgan fingerprint density at radius 2 is 2.24 bits per heavy atom. The molecule has 21 heavy (non-hydrogen) atoms. The van der Waals surface area contributed by atoms with Crippen LogP contribution in [0, 0.1) is 6.92 Å². The van der Waals surface area contributed by atoms with E-state index in [4.69, 9.17) is 27.9 Å². The molecule has 0 aliphatic carbocycles. The first-order valence-electron chi connectivity index (χ1n) is 6.91. The van der Waals surface area contributed by atoms with Gasteiger partial charge in [0.15, 0.2) is 0 Å². The zero-order chi connectivity index (χ0) is 14.8. The van der Waals surface area contributed by atoms with E-state index in [2.05, 4.69) is 22.0 Å². The molecule has 1 aromatic heterocycles. The number of aromatic amines is 1. The molecule has 0 amide bonds. The lowest BCUT2D eigenvalue weighted by Crippen LogP contribution is -2.38. The fourth-order valence-corrected chi connectivity index (χ4v) is 2.82. The van der Waals surface area contributed by atoms with Crippen molar-refractivity contribution >= 4 is 23.2 Å². The van der Waals surface area contributed by atoms with E-state index in [0.717, 1.165) is 30.9 Å². The molecule has 0 saturated carbocycles. The lowest BCUT2D eigenvalue weighted by molar-refractivity contribution is -0.0333. The first kappa shape index (κ1) is 14.9. The van der Waals surface area contributed by atoms with Crippen LogP contribution in [0.2, 0.25) is 10.0 Å². The third-order valence-corrected chi connectivity index (χ3v) is 4.52. The van der Waals surface area contributed by atoms with Crippen molar-refractivity contribution in [1.82, 2.24) is 15.1 Å². The summed E-state index contributed by atoms with van der Waals surface area (Å²) in [7, 11) is 0. The molecule has 1 aliphatic heterocycles. The van der Waals surface area contributed by atoms with Crippen molar-refractivity contribution in [3.05, 3.63) is 51.3 Å². The van der Waals surface area contributed by atoms with Gasteiger partial charge in [-0.1, -0.05) is 29.3 Å². The van der Waals surface area contributed by atoms with Crippen LogP contribution in [0.1, 0.15) is 22.9 Å². The molecular formula is C15H17Cl2N3O. The molecule has 112 valence electrons. The summed E-state index contributed by atoms with van der Waals surface area (Å²) in [6, 6.07) is 5.68. The fraction of sp³-hybridized carbons (Fsp3) is 0.400. The van der Waals surface area contributed by atoms with Gasteiger partial charge in [0.1, 0.15) is 0 Å². The van der Waals surface area contributed by atoms with Crippen molar-refractivity contribution in [2.45, 2.75) is 19.6 Å². The molecule has 1 saturated heterocycles. The molecule has 4 nitrogen and oxygen atoms in total. The van der Waals surface area contributed by atoms with E-state index >= 15 is 0 Å². The number of aromatic nitrogens is 2. The number of nitrogens with zero attached hydrogens (tertiary/aromatic N) is 2. The molecule has 2 heterocycles. The first-order valence-corrected chi connectivity index (χ1v) is 7.67. The van der Waals surface area contributed by atoms with Gasteiger partial charge in [-0.25, -0.2) is 0 Å². The highest BCUT2D eigenvalue weighted by molar-refractivity contribution is 6.42. The van der Waals surface area contributed by atoms with Crippen molar-refractivity contribution in [2.24, 2.45) is 0 Å². The molecule has 0 spiro atoms. The fourth-order valence-electron chi connectivity index (χ4n) is 2.52. The summed E-state index contributed by atoms with van der Waals surface area (Å²) in [4.78, 5) is 2.36. The van der Waals surface area contributed by atoms with Crippen LogP contribution in [0.25, 0.3) is 0 Å². The summed E-state index contributed by atoms with van der Waals surface area (Å²) in [6.07, 6.45) is 1.88. The van der Waals surface area contributed by atoms with Gasteiger partial charge in [0.25, 0.3) is 0 Å². The zero-order valence-corrected chi connectivity index (χ0v) is 13.3. The van der Waals surface area contributed by atoms with E-state index in [0.29, 0.717) is 16.7 Å². The van der Waals surface area contributed by atoms with Crippen LogP contribution >= 0.6 is 23.2 Å². The Kier molecular flexibility index (Phi) is 4.50. The number of benzene rings is 1. The maximum Gasteiger partial charge on any atom is 0.0953 e. The van der Waals surface area contributed by atoms with E-state index < -0.39 is 0 Å². The topological polar surface area (TPSA) is 41.2 Å². The summed E-state index contributed by atoms with van der Waals surface area (Å²) >= 11 is 12.1. The van der Waals surface area contributed by atoms with Gasteiger partial charge in [-0.05, 0) is 30.2 Å². The van der Waals surface area contributed by atoms with E-state index in [1.54, 1.807) is 0 Å². The second-order valence-corrected chi connectivity index (χ2v) is 6.11. The van der Waals surface area contributed by atoms with Gasteiger partial charge >= 0.3 is 0 Å². The lowest BCUT2D eigenvalue weighted by Gasteiger charge is -2.33. The molecule has 0 bridgehead atoms. The predicted octanol–water partition coefficient (Wildman–Crippen LogP) is 3.60. The van der Waals surface area contributed by atoms with E-state index in [1.807, 2.05) is 24.4 Å². The standard InChI is InChI=1S/C15H17Cl2N3O/c1-10-7-18-19-14(10)8-20-4-5-21-15(9-20)11-2-3-12(16)13(17)6-11/h2-3,6-7,15H,4-5,8-9H2,1H3,(H,18,19). The highest BCUT2D eigenvalue weighted by atomic mass is 35.5. The van der Waals surface area contributed by atoms with Crippen molar-refractivity contribution in [3.8, 4) is 0 Å². The molecule has 1 fully saturated rings. The van der Waals surface area contributed by atoms with Gasteiger partial charge in [-0.15, -0.1) is 0 Å². The van der Waals surface area contributed by atoms with Crippen LogP contribution in [0.3, 0.4) is 0 Å². The first-order chi connectivity index (χ1) is 10.1. The summed E-state index contributed by atoms with van der Waals surface area (Å²) in [5.41, 5.74) is 3.41. The van der Waals surface area contributed by atoms with Crippen LogP contribution in [0.15, 0.2) is 24.4 Å². The van der Waals surface area contributed by atoms with Crippen LogP contribution < -0.4 is 0 Å². The van der Waals surface area contributed by atoms with Gasteiger partial charge in [0.2, 0.25) is 0 Å². The number of H-pyrrole nitrogens is 1. The van der Waals surface area contributed by atoms with Crippen molar-refractivity contribution in [2.75, 3.05) is 19.7 Å². The second kappa shape index (κ2) is 6.36. The quantitative estimate of drug-likeness (QED) is 0.937. The molecule has 1 N–H and O–H groups in total. The molecule has 3 rings (SSSR count). The van der Waals surface area contributed by atoms with Gasteiger partial charge in [0, 0.05) is 19.6 Å². The molecule has 6 heteroatoms. The maximum absolute atomic E-state index is 6.09. The predicted molar refractivity (Wildman–Crippen MR) is 83.8 cm³/mol. The number of rotatable bonds is 3. The second-order valence-electron chi connectivity index (χ2n) is 5.30. The Hall–Kier alpha value is -1.07. The van der Waals surface area contributed by atoms with Crippen molar-refractivity contribution in [1.29, 1.82) is 0 Å². The van der Waals surface area contributed by atoms with Gasteiger partial charge in [-0.2, -0.15) is 5.10 Å². The van der Waals surface area contributed by atoms with Crippen LogP contribution in [0.4, 0.5) is 0 Å². The van der Waals surface area contributed by atoms with Crippen molar-refractivity contribution in [3.63, 3.8) is 0 Å². The van der Waals surface area contributed by atoms with Gasteiger partial charge in [0.05, 0.1) is 34.6 Å². The number of morpholine rings is 1. The Labute approximate surface area is 134 Å². The molecule has 1 aliphatic rings. The number of aryl methyl sites for hydroxylation is 1. The number of hydrogen-bond donors (Lipinski definition) is 1. The van der Waals surface area contributed by atoms with E-state index in [1.165, 1.54) is 5.56 Å². The minimum atomic E-state index is 0.0248. The van der Waals surface area contributed by atoms with Crippen LogP contribution in [-0.2, 0) is 11.3 Å². The average molecular weight is 326 g/mol. The van der Waals surface area contributed by atoms with Gasteiger partial charge in [-0.3, -0.25) is 10.00 Å². The molecule has 1 aromatic carbocycles. The summed E-state index contributed by atoms with van der Waals surface area (Å²) in [6.45, 7) is 5.37. The summed E-state index contributed by atoms with van der Waals surface area (Å²) < 4.78 is 5.87. The Morgan fingerprint density at radius 3 is 2.95 bits per heavy atom. The zero-order valence-electron chi connectivity index (χ0n) is 11.8. The lowest BCUT2D eigenvalue weighted by atomic mass is 10.1. The number of ether oxygens (including phenoxy) is 1. The number of hydrogen-bond acceptors (Lipinski definition) is 3. The largest absolute Gasteiger partial charge is 0.371 e. The Morgan fingerprint density at radius 1 is 1.38 bits per heavy atom. The Balaban J connectivity index is 1.70. The maximum atomic E-state index is 6.09. The summed E-state index contributed by atoms with van der Waals surface area (Å²) in [5.74, 6) is 0. The minimum Gasteiger partial charge on any atom is -0.371 e. The molecule has 0 radical (unpaired) electrons. The highest BCUT2D eigenvalue weighted by Gasteiger charge is 2.23. The highest BCUT2D eigenvalue weighted by Crippen LogP contribution is 2.29. The summed E-state index contributed by atoms with van der Waals surface area (Å²) in [5, 5.41) is 8.26. The number of nitrogens with one attached hydrogen (secondary N) is 1. The smallest absolute Gasteiger partial charge is 0.0953 e. The third kappa shape index (κ3) is 3.40. The minimum absolute atomic E-state index is 0.0248. The van der Waals surface area contributed by atoms with Crippen LogP contribution in [0.5, 0.6) is 0 Å². The molecule has 1 atom stereocenters. The van der Waals surface area contributed by atoms with Crippen molar-refractivity contribution < 1.29 is 4.74 Å². The monoisotopic (exact) mass is 325 g/mol. The van der Waals surface area contributed by atoms with Gasteiger partial charge < -0.3 is 4.74 Å². The third-order valence-electron chi connectivity index (χ3n) is 3.78. The van der Waals surface area contributed by atoms with Crippen LogP contribution in [-0.4, -0.2) is 34.8 Å². The molecule has 2 aromatic rings.